The monoisotopic (exact) mass is 532 g/mol. The van der Waals surface area contributed by atoms with Crippen LogP contribution in [0.25, 0.3) is 11.3 Å². The maximum Gasteiger partial charge on any atom is 0.303 e. The molecule has 204 valence electrons. The predicted molar refractivity (Wildman–Crippen MR) is 128 cm³/mol. The first-order chi connectivity index (χ1) is 18.0. The average Bonchev–Trinajstić information content (AvgIpc) is 2.85. The molecule has 0 N–H and O–H groups in total. The number of aromatic nitrogens is 2. The number of esters is 4. The smallest absolute Gasteiger partial charge is 0.303 e. The maximum atomic E-state index is 13.0. The topological polar surface area (TPSA) is 159 Å². The standard InChI is InChI=1S/C25H28N2O11/c1-13(28)34-12-20-22(35-14(2)29)23(36-15(3)30)24(37-16(4)31)25(38-20)27-21(32)11-10-19(26-27)17-6-8-18(33-5)9-7-17/h6-11,20,22-25H,12H2,1-5H3/t20-,22-,23+,24-,25-/m1/s1. The van der Waals surface area contributed by atoms with Gasteiger partial charge in [-0.2, -0.15) is 9.78 Å². The fourth-order valence-corrected chi connectivity index (χ4v) is 3.93. The van der Waals surface area contributed by atoms with Crippen LogP contribution in [-0.4, -0.2) is 71.8 Å². The number of carbonyl (C=O) groups is 4. The summed E-state index contributed by atoms with van der Waals surface area (Å²) in [6.07, 6.45) is -6.93. The van der Waals surface area contributed by atoms with Crippen LogP contribution in [0.2, 0.25) is 0 Å². The van der Waals surface area contributed by atoms with Crippen LogP contribution in [-0.2, 0) is 42.9 Å². The van der Waals surface area contributed by atoms with Crippen molar-refractivity contribution in [2.75, 3.05) is 13.7 Å². The van der Waals surface area contributed by atoms with Crippen molar-refractivity contribution in [1.82, 2.24) is 9.78 Å². The van der Waals surface area contributed by atoms with Gasteiger partial charge >= 0.3 is 23.9 Å². The Morgan fingerprint density at radius 3 is 1.95 bits per heavy atom. The van der Waals surface area contributed by atoms with E-state index in [4.69, 9.17) is 28.4 Å². The molecule has 1 saturated heterocycles. The summed E-state index contributed by atoms with van der Waals surface area (Å²) in [4.78, 5) is 60.5. The Bertz CT molecular complexity index is 1240. The van der Waals surface area contributed by atoms with Gasteiger partial charge in [0.15, 0.2) is 24.5 Å². The van der Waals surface area contributed by atoms with Gasteiger partial charge < -0.3 is 28.4 Å². The Morgan fingerprint density at radius 2 is 1.39 bits per heavy atom. The molecule has 1 aromatic carbocycles. The van der Waals surface area contributed by atoms with Gasteiger partial charge in [0.1, 0.15) is 18.5 Å². The third-order valence-electron chi connectivity index (χ3n) is 5.42. The highest BCUT2D eigenvalue weighted by atomic mass is 16.7. The highest BCUT2D eigenvalue weighted by molar-refractivity contribution is 5.68. The number of methoxy groups -OCH3 is 1. The van der Waals surface area contributed by atoms with Gasteiger partial charge in [0.05, 0.1) is 12.8 Å². The van der Waals surface area contributed by atoms with Crippen molar-refractivity contribution in [2.24, 2.45) is 0 Å². The van der Waals surface area contributed by atoms with Gasteiger partial charge in [-0.15, -0.1) is 0 Å². The summed E-state index contributed by atoms with van der Waals surface area (Å²) in [5.74, 6) is -2.39. The van der Waals surface area contributed by atoms with Crippen LogP contribution >= 0.6 is 0 Å². The molecular weight excluding hydrogens is 504 g/mol. The minimum absolute atomic E-state index is 0.361. The number of rotatable bonds is 8. The second kappa shape index (κ2) is 12.3. The zero-order chi connectivity index (χ0) is 28.0. The van der Waals surface area contributed by atoms with Crippen LogP contribution in [0.4, 0.5) is 0 Å². The second-order valence-corrected chi connectivity index (χ2v) is 8.32. The molecule has 0 bridgehead atoms. The van der Waals surface area contributed by atoms with E-state index in [2.05, 4.69) is 5.10 Å². The largest absolute Gasteiger partial charge is 0.497 e. The van der Waals surface area contributed by atoms with Crippen molar-refractivity contribution in [1.29, 1.82) is 0 Å². The Kier molecular flexibility index (Phi) is 9.18. The minimum atomic E-state index is -1.47. The van der Waals surface area contributed by atoms with E-state index in [0.717, 1.165) is 32.4 Å². The van der Waals surface area contributed by atoms with Crippen molar-refractivity contribution in [3.8, 4) is 17.0 Å². The van der Waals surface area contributed by atoms with E-state index >= 15 is 0 Å². The van der Waals surface area contributed by atoms with E-state index in [-0.39, 0.29) is 0 Å². The number of carbonyl (C=O) groups excluding carboxylic acids is 4. The van der Waals surface area contributed by atoms with Crippen LogP contribution in [0.15, 0.2) is 41.2 Å². The summed E-state index contributed by atoms with van der Waals surface area (Å²) < 4.78 is 33.4. The zero-order valence-corrected chi connectivity index (χ0v) is 21.4. The summed E-state index contributed by atoms with van der Waals surface area (Å²) in [6.45, 7) is 4.07. The SMILES string of the molecule is COc1ccc(-c2ccc(=O)n([C@@H]3O[C@H](COC(C)=O)[C@@H](OC(C)=O)[C@H](OC(C)=O)[C@H]3OC(C)=O)n2)cc1. The highest BCUT2D eigenvalue weighted by Crippen LogP contribution is 2.34. The van der Waals surface area contributed by atoms with Crippen molar-refractivity contribution in [2.45, 2.75) is 58.3 Å². The molecule has 1 aliphatic rings. The van der Waals surface area contributed by atoms with Crippen LogP contribution in [0.1, 0.15) is 33.9 Å². The van der Waals surface area contributed by atoms with Gasteiger partial charge in [-0.3, -0.25) is 24.0 Å². The minimum Gasteiger partial charge on any atom is -0.497 e. The normalized spacial score (nSPS) is 22.6. The molecular formula is C25H28N2O11. The molecule has 0 saturated carbocycles. The Labute approximate surface area is 217 Å². The van der Waals surface area contributed by atoms with Gasteiger partial charge in [-0.1, -0.05) is 0 Å². The molecule has 2 heterocycles. The molecule has 13 nitrogen and oxygen atoms in total. The zero-order valence-electron chi connectivity index (χ0n) is 21.4. The number of hydrogen-bond donors (Lipinski definition) is 0. The van der Waals surface area contributed by atoms with Gasteiger partial charge in [0, 0.05) is 39.3 Å². The van der Waals surface area contributed by atoms with Crippen LogP contribution in [0, 0.1) is 0 Å². The maximum absolute atomic E-state index is 13.0. The van der Waals surface area contributed by atoms with E-state index in [1.807, 2.05) is 0 Å². The highest BCUT2D eigenvalue weighted by Gasteiger charge is 2.53. The average molecular weight is 533 g/mol. The molecule has 0 aliphatic carbocycles. The molecule has 0 unspecified atom stereocenters. The van der Waals surface area contributed by atoms with E-state index in [9.17, 15) is 24.0 Å². The Hall–Kier alpha value is -4.26. The molecule has 2 aromatic rings. The van der Waals surface area contributed by atoms with Gasteiger partial charge in [0.25, 0.3) is 5.56 Å². The number of hydrogen-bond acceptors (Lipinski definition) is 12. The third kappa shape index (κ3) is 6.94. The molecule has 1 aromatic heterocycles. The first-order valence-electron chi connectivity index (χ1n) is 11.5. The van der Waals surface area contributed by atoms with Crippen molar-refractivity contribution < 1.29 is 47.6 Å². The lowest BCUT2D eigenvalue weighted by Gasteiger charge is -2.44. The fourth-order valence-electron chi connectivity index (χ4n) is 3.93. The van der Waals surface area contributed by atoms with Crippen molar-refractivity contribution in [3.05, 3.63) is 46.8 Å². The molecule has 5 atom stereocenters. The van der Waals surface area contributed by atoms with Gasteiger partial charge in [-0.05, 0) is 30.3 Å². The van der Waals surface area contributed by atoms with Gasteiger partial charge in [-0.25, -0.2) is 0 Å². The van der Waals surface area contributed by atoms with Crippen LogP contribution < -0.4 is 10.3 Å². The van der Waals surface area contributed by atoms with E-state index < -0.39 is 66.7 Å². The summed E-state index contributed by atoms with van der Waals surface area (Å²) in [7, 11) is 1.53. The van der Waals surface area contributed by atoms with E-state index in [1.165, 1.54) is 19.2 Å². The number of nitrogens with zero attached hydrogens (tertiary/aromatic N) is 2. The summed E-state index contributed by atoms with van der Waals surface area (Å²) in [6, 6.07) is 9.60. The van der Waals surface area contributed by atoms with Crippen LogP contribution in [0.5, 0.6) is 5.75 Å². The van der Waals surface area contributed by atoms with E-state index in [1.54, 1.807) is 24.3 Å². The van der Waals surface area contributed by atoms with E-state index in [0.29, 0.717) is 17.0 Å². The second-order valence-electron chi connectivity index (χ2n) is 8.32. The third-order valence-corrected chi connectivity index (χ3v) is 5.42. The van der Waals surface area contributed by atoms with Gasteiger partial charge in [0.2, 0.25) is 0 Å². The van der Waals surface area contributed by atoms with Crippen molar-refractivity contribution in [3.63, 3.8) is 0 Å². The summed E-state index contributed by atoms with van der Waals surface area (Å²) in [5.41, 5.74) is 0.355. The lowest BCUT2D eigenvalue weighted by molar-refractivity contribution is -0.271. The molecule has 0 amide bonds. The lowest BCUT2D eigenvalue weighted by Crippen LogP contribution is -2.61. The van der Waals surface area contributed by atoms with Crippen LogP contribution in [0.3, 0.4) is 0 Å². The lowest BCUT2D eigenvalue weighted by atomic mass is 9.97. The molecule has 0 spiro atoms. The molecule has 13 heteroatoms. The molecule has 38 heavy (non-hydrogen) atoms. The Morgan fingerprint density at radius 1 is 0.816 bits per heavy atom. The fraction of sp³-hybridized carbons (Fsp3) is 0.440. The molecule has 3 rings (SSSR count). The molecule has 1 aliphatic heterocycles. The van der Waals surface area contributed by atoms with Crippen molar-refractivity contribution >= 4 is 23.9 Å². The summed E-state index contributed by atoms with van der Waals surface area (Å²) >= 11 is 0. The number of ether oxygens (including phenoxy) is 6. The quantitative estimate of drug-likeness (QED) is 0.353. The Balaban J connectivity index is 2.13. The summed E-state index contributed by atoms with van der Waals surface area (Å²) in [5, 5.41) is 4.40. The number of benzene rings is 1. The first kappa shape index (κ1) is 28.3. The molecule has 1 fully saturated rings. The first-order valence-corrected chi connectivity index (χ1v) is 11.5. The molecule has 0 radical (unpaired) electrons. The predicted octanol–water partition coefficient (Wildman–Crippen LogP) is 1.17.